The molecule has 0 saturated carbocycles. The van der Waals surface area contributed by atoms with E-state index in [2.05, 4.69) is 66.5 Å². The van der Waals surface area contributed by atoms with Crippen LogP contribution in [0.2, 0.25) is 0 Å². The van der Waals surface area contributed by atoms with Crippen LogP contribution in [0.4, 0.5) is 0 Å². The highest BCUT2D eigenvalue weighted by atomic mass is 14.7. The SMILES string of the molecule is Cc1ccc2nc(C=Cc3ccccc3)ccc2c1. The Bertz CT molecular complexity index is 727. The lowest BCUT2D eigenvalue weighted by Gasteiger charge is -2.00. The number of fused-ring (bicyclic) bond motifs is 1. The summed E-state index contributed by atoms with van der Waals surface area (Å²) in [5.41, 5.74) is 4.48. The van der Waals surface area contributed by atoms with Gasteiger partial charge >= 0.3 is 0 Å². The van der Waals surface area contributed by atoms with Crippen LogP contribution in [0.1, 0.15) is 16.8 Å². The predicted octanol–water partition coefficient (Wildman–Crippen LogP) is 4.71. The molecule has 2 aromatic carbocycles. The molecule has 0 bridgehead atoms. The fourth-order valence-electron chi connectivity index (χ4n) is 2.10. The molecule has 1 nitrogen and oxygen atoms in total. The first-order chi connectivity index (χ1) is 9.31. The number of aryl methyl sites for hydroxylation is 1. The van der Waals surface area contributed by atoms with Crippen molar-refractivity contribution in [3.05, 3.63) is 77.5 Å². The van der Waals surface area contributed by atoms with Gasteiger partial charge in [-0.3, -0.25) is 0 Å². The van der Waals surface area contributed by atoms with E-state index < -0.39 is 0 Å². The number of aromatic nitrogens is 1. The zero-order valence-electron chi connectivity index (χ0n) is 10.9. The molecule has 0 aliphatic rings. The predicted molar refractivity (Wildman–Crippen MR) is 81.9 cm³/mol. The fraction of sp³-hybridized carbons (Fsp3) is 0.0556. The van der Waals surface area contributed by atoms with Crippen molar-refractivity contribution in [2.45, 2.75) is 6.92 Å². The van der Waals surface area contributed by atoms with Crippen LogP contribution in [0.25, 0.3) is 23.1 Å². The molecule has 1 aromatic heterocycles. The molecule has 0 unspecified atom stereocenters. The highest BCUT2D eigenvalue weighted by Gasteiger charge is 1.96. The summed E-state index contributed by atoms with van der Waals surface area (Å²) in [7, 11) is 0. The molecule has 0 aliphatic carbocycles. The molecule has 92 valence electrons. The number of nitrogens with zero attached hydrogens (tertiary/aromatic N) is 1. The van der Waals surface area contributed by atoms with Crippen molar-refractivity contribution in [3.8, 4) is 0 Å². The van der Waals surface area contributed by atoms with Gasteiger partial charge in [0, 0.05) is 5.39 Å². The van der Waals surface area contributed by atoms with E-state index >= 15 is 0 Å². The van der Waals surface area contributed by atoms with Crippen LogP contribution in [0.5, 0.6) is 0 Å². The number of hydrogen-bond acceptors (Lipinski definition) is 1. The second kappa shape index (κ2) is 5.07. The minimum Gasteiger partial charge on any atom is -0.248 e. The van der Waals surface area contributed by atoms with Gasteiger partial charge in [-0.2, -0.15) is 0 Å². The molecule has 0 saturated heterocycles. The summed E-state index contributed by atoms with van der Waals surface area (Å²) in [4.78, 5) is 4.64. The maximum absolute atomic E-state index is 4.64. The first kappa shape index (κ1) is 11.7. The summed E-state index contributed by atoms with van der Waals surface area (Å²) in [6.07, 6.45) is 4.14. The van der Waals surface area contributed by atoms with Crippen LogP contribution >= 0.6 is 0 Å². The summed E-state index contributed by atoms with van der Waals surface area (Å²) < 4.78 is 0. The molecule has 0 fully saturated rings. The van der Waals surface area contributed by atoms with Gasteiger partial charge in [-0.25, -0.2) is 4.98 Å². The van der Waals surface area contributed by atoms with Crippen LogP contribution in [-0.2, 0) is 0 Å². The Morgan fingerprint density at radius 2 is 1.68 bits per heavy atom. The van der Waals surface area contributed by atoms with Crippen molar-refractivity contribution in [3.63, 3.8) is 0 Å². The Kier molecular flexibility index (Phi) is 3.11. The molecule has 1 heteroatoms. The Morgan fingerprint density at radius 3 is 2.53 bits per heavy atom. The second-order valence-electron chi connectivity index (χ2n) is 4.68. The monoisotopic (exact) mass is 245 g/mol. The summed E-state index contributed by atoms with van der Waals surface area (Å²) >= 11 is 0. The van der Waals surface area contributed by atoms with E-state index in [0.29, 0.717) is 0 Å². The standard InChI is InChI=1S/C18H15N/c1-14-7-12-18-16(13-14)9-11-17(19-18)10-8-15-5-3-2-4-6-15/h2-13H,1H3. The van der Waals surface area contributed by atoms with E-state index in [9.17, 15) is 0 Å². The first-order valence-electron chi connectivity index (χ1n) is 6.42. The molecule has 0 radical (unpaired) electrons. The van der Waals surface area contributed by atoms with Gasteiger partial charge in [-0.05, 0) is 36.8 Å². The van der Waals surface area contributed by atoms with E-state index in [1.54, 1.807) is 0 Å². The van der Waals surface area contributed by atoms with E-state index in [1.165, 1.54) is 16.5 Å². The lowest BCUT2D eigenvalue weighted by molar-refractivity contribution is 1.36. The second-order valence-corrected chi connectivity index (χ2v) is 4.68. The largest absolute Gasteiger partial charge is 0.248 e. The summed E-state index contributed by atoms with van der Waals surface area (Å²) in [6, 6.07) is 20.8. The van der Waals surface area contributed by atoms with Crippen LogP contribution in [0.15, 0.2) is 60.7 Å². The highest BCUT2D eigenvalue weighted by molar-refractivity contribution is 5.81. The third-order valence-electron chi connectivity index (χ3n) is 3.11. The number of benzene rings is 2. The van der Waals surface area contributed by atoms with E-state index in [-0.39, 0.29) is 0 Å². The third-order valence-corrected chi connectivity index (χ3v) is 3.11. The Hall–Kier alpha value is -2.41. The Morgan fingerprint density at radius 1 is 0.842 bits per heavy atom. The summed E-state index contributed by atoms with van der Waals surface area (Å²) in [5.74, 6) is 0. The molecular weight excluding hydrogens is 230 g/mol. The maximum Gasteiger partial charge on any atom is 0.0709 e. The van der Waals surface area contributed by atoms with Gasteiger partial charge in [0.1, 0.15) is 0 Å². The van der Waals surface area contributed by atoms with Crippen LogP contribution in [0.3, 0.4) is 0 Å². The molecule has 0 N–H and O–H groups in total. The minimum absolute atomic E-state index is 0.986. The Balaban J connectivity index is 1.94. The van der Waals surface area contributed by atoms with Crippen molar-refractivity contribution in [2.75, 3.05) is 0 Å². The van der Waals surface area contributed by atoms with E-state index in [4.69, 9.17) is 0 Å². The average Bonchev–Trinajstić information content (AvgIpc) is 2.46. The quantitative estimate of drug-likeness (QED) is 0.637. The normalized spacial score (nSPS) is 11.2. The highest BCUT2D eigenvalue weighted by Crippen LogP contribution is 2.15. The molecule has 1 heterocycles. The van der Waals surface area contributed by atoms with Crippen molar-refractivity contribution >= 4 is 23.1 Å². The van der Waals surface area contributed by atoms with E-state index in [1.807, 2.05) is 18.2 Å². The Labute approximate surface area is 113 Å². The van der Waals surface area contributed by atoms with Gasteiger partial charge in [0.25, 0.3) is 0 Å². The number of pyridine rings is 1. The van der Waals surface area contributed by atoms with Gasteiger partial charge in [0.2, 0.25) is 0 Å². The lowest BCUT2D eigenvalue weighted by Crippen LogP contribution is -1.84. The topological polar surface area (TPSA) is 12.9 Å². The van der Waals surface area contributed by atoms with Crippen molar-refractivity contribution in [1.29, 1.82) is 0 Å². The van der Waals surface area contributed by atoms with Gasteiger partial charge < -0.3 is 0 Å². The molecule has 0 aliphatic heterocycles. The first-order valence-corrected chi connectivity index (χ1v) is 6.42. The minimum atomic E-state index is 0.986. The van der Waals surface area contributed by atoms with Crippen LogP contribution in [0, 0.1) is 6.92 Å². The molecule has 19 heavy (non-hydrogen) atoms. The van der Waals surface area contributed by atoms with Gasteiger partial charge in [0.05, 0.1) is 11.2 Å². The molecule has 3 rings (SSSR count). The average molecular weight is 245 g/mol. The van der Waals surface area contributed by atoms with E-state index in [0.717, 1.165) is 11.2 Å². The molecule has 0 atom stereocenters. The van der Waals surface area contributed by atoms with Gasteiger partial charge in [-0.1, -0.05) is 54.1 Å². The smallest absolute Gasteiger partial charge is 0.0709 e. The molecule has 3 aromatic rings. The van der Waals surface area contributed by atoms with Gasteiger partial charge in [-0.15, -0.1) is 0 Å². The number of hydrogen-bond donors (Lipinski definition) is 0. The number of rotatable bonds is 2. The lowest BCUT2D eigenvalue weighted by atomic mass is 10.1. The molecule has 0 spiro atoms. The van der Waals surface area contributed by atoms with Crippen molar-refractivity contribution < 1.29 is 0 Å². The zero-order valence-corrected chi connectivity index (χ0v) is 10.9. The summed E-state index contributed by atoms with van der Waals surface area (Å²) in [5, 5.41) is 1.19. The fourth-order valence-corrected chi connectivity index (χ4v) is 2.10. The molecular formula is C18H15N. The zero-order chi connectivity index (χ0) is 13.1. The maximum atomic E-state index is 4.64. The van der Waals surface area contributed by atoms with Crippen LogP contribution in [-0.4, -0.2) is 4.98 Å². The van der Waals surface area contributed by atoms with Gasteiger partial charge in [0.15, 0.2) is 0 Å². The third kappa shape index (κ3) is 2.71. The summed E-state index contributed by atoms with van der Waals surface area (Å²) in [6.45, 7) is 2.10. The van der Waals surface area contributed by atoms with Crippen LogP contribution < -0.4 is 0 Å². The van der Waals surface area contributed by atoms with Crippen molar-refractivity contribution in [2.24, 2.45) is 0 Å². The molecule has 0 amide bonds. The van der Waals surface area contributed by atoms with Crippen molar-refractivity contribution in [1.82, 2.24) is 4.98 Å².